The third-order valence-electron chi connectivity index (χ3n) is 3.07. The molecular weight excluding hydrogens is 364 g/mol. The van der Waals surface area contributed by atoms with E-state index in [2.05, 4.69) is 5.32 Å². The fourth-order valence-corrected chi connectivity index (χ4v) is 3.02. The van der Waals surface area contributed by atoms with E-state index in [0.717, 1.165) is 0 Å². The van der Waals surface area contributed by atoms with Crippen molar-refractivity contribution in [3.63, 3.8) is 0 Å². The monoisotopic (exact) mass is 386 g/mol. The standard InChI is InChI=1S/C17H23ClN2O4S/c1-11(2)24-17(23)9-14(12-5-3-4-6-13(12)18)20-16(22)7-8-25-10-15(19)21/h3-6,11,14H,7-10H2,1-2H3,(H2,19,21)(H,20,22)/t14-/m0/s1. The largest absolute Gasteiger partial charge is 0.463 e. The van der Waals surface area contributed by atoms with E-state index in [-0.39, 0.29) is 30.6 Å². The lowest BCUT2D eigenvalue weighted by molar-refractivity contribution is -0.148. The van der Waals surface area contributed by atoms with Crippen molar-refractivity contribution < 1.29 is 19.1 Å². The molecule has 0 heterocycles. The lowest BCUT2D eigenvalue weighted by Crippen LogP contribution is -2.31. The maximum absolute atomic E-state index is 12.2. The van der Waals surface area contributed by atoms with Crippen molar-refractivity contribution in [1.29, 1.82) is 0 Å². The Labute approximate surface area is 156 Å². The van der Waals surface area contributed by atoms with Crippen LogP contribution in [0.2, 0.25) is 5.02 Å². The molecule has 1 aromatic carbocycles. The number of esters is 1. The molecule has 0 bridgehead atoms. The molecule has 1 atom stereocenters. The van der Waals surface area contributed by atoms with Crippen LogP contribution < -0.4 is 11.1 Å². The Morgan fingerprint density at radius 1 is 1.28 bits per heavy atom. The van der Waals surface area contributed by atoms with Gasteiger partial charge in [0.25, 0.3) is 0 Å². The van der Waals surface area contributed by atoms with Crippen molar-refractivity contribution >= 4 is 41.1 Å². The number of benzene rings is 1. The van der Waals surface area contributed by atoms with Crippen molar-refractivity contribution in [3.05, 3.63) is 34.9 Å². The lowest BCUT2D eigenvalue weighted by Gasteiger charge is -2.20. The molecule has 25 heavy (non-hydrogen) atoms. The Balaban J connectivity index is 2.71. The van der Waals surface area contributed by atoms with Crippen LogP contribution in [0.5, 0.6) is 0 Å². The summed E-state index contributed by atoms with van der Waals surface area (Å²) in [5, 5.41) is 3.28. The second kappa shape index (κ2) is 11.0. The third-order valence-corrected chi connectivity index (χ3v) is 4.40. The highest BCUT2D eigenvalue weighted by molar-refractivity contribution is 7.99. The molecule has 0 aromatic heterocycles. The first-order chi connectivity index (χ1) is 11.8. The zero-order valence-corrected chi connectivity index (χ0v) is 15.9. The Kier molecular flexibility index (Phi) is 9.37. The van der Waals surface area contributed by atoms with Crippen molar-refractivity contribution in [2.24, 2.45) is 5.73 Å². The van der Waals surface area contributed by atoms with Gasteiger partial charge in [-0.15, -0.1) is 0 Å². The highest BCUT2D eigenvalue weighted by Crippen LogP contribution is 2.25. The summed E-state index contributed by atoms with van der Waals surface area (Å²) in [5.41, 5.74) is 5.71. The number of nitrogens with two attached hydrogens (primary N) is 1. The number of hydrogen-bond donors (Lipinski definition) is 2. The molecule has 3 N–H and O–H groups in total. The number of carbonyl (C=O) groups excluding carboxylic acids is 3. The van der Waals surface area contributed by atoms with Crippen LogP contribution in [0.15, 0.2) is 24.3 Å². The molecule has 0 saturated heterocycles. The van der Waals surface area contributed by atoms with Gasteiger partial charge in [-0.25, -0.2) is 0 Å². The molecule has 1 aromatic rings. The molecule has 0 aliphatic heterocycles. The van der Waals surface area contributed by atoms with Crippen LogP contribution in [0.1, 0.15) is 38.3 Å². The topological polar surface area (TPSA) is 98.5 Å². The van der Waals surface area contributed by atoms with E-state index >= 15 is 0 Å². The third kappa shape index (κ3) is 8.79. The summed E-state index contributed by atoms with van der Waals surface area (Å²) in [6.45, 7) is 3.52. The summed E-state index contributed by atoms with van der Waals surface area (Å²) >= 11 is 7.48. The van der Waals surface area contributed by atoms with Gasteiger partial charge in [-0.3, -0.25) is 14.4 Å². The van der Waals surface area contributed by atoms with E-state index < -0.39 is 17.9 Å². The van der Waals surface area contributed by atoms with Gasteiger partial charge < -0.3 is 15.8 Å². The summed E-state index contributed by atoms with van der Waals surface area (Å²) in [7, 11) is 0. The van der Waals surface area contributed by atoms with Gasteiger partial charge in [-0.2, -0.15) is 11.8 Å². The summed E-state index contributed by atoms with van der Waals surface area (Å²) in [6, 6.07) is 6.45. The van der Waals surface area contributed by atoms with Crippen molar-refractivity contribution in [3.8, 4) is 0 Å². The van der Waals surface area contributed by atoms with Gasteiger partial charge in [0.15, 0.2) is 0 Å². The molecule has 0 fully saturated rings. The van der Waals surface area contributed by atoms with Gasteiger partial charge in [-0.05, 0) is 25.5 Å². The van der Waals surface area contributed by atoms with Crippen molar-refractivity contribution in [1.82, 2.24) is 5.32 Å². The Hall–Kier alpha value is -1.73. The van der Waals surface area contributed by atoms with Crippen molar-refractivity contribution in [2.75, 3.05) is 11.5 Å². The highest BCUT2D eigenvalue weighted by atomic mass is 35.5. The molecule has 0 saturated carbocycles. The van der Waals surface area contributed by atoms with Crippen LogP contribution in [0.3, 0.4) is 0 Å². The van der Waals surface area contributed by atoms with Crippen molar-refractivity contribution in [2.45, 2.75) is 38.8 Å². The van der Waals surface area contributed by atoms with Crippen LogP contribution in [0, 0.1) is 0 Å². The molecular formula is C17H23ClN2O4S. The average molecular weight is 387 g/mol. The Bertz CT molecular complexity index is 610. The number of ether oxygens (including phenoxy) is 1. The van der Waals surface area contributed by atoms with E-state index in [1.807, 2.05) is 0 Å². The second-order valence-electron chi connectivity index (χ2n) is 5.65. The predicted molar refractivity (Wildman–Crippen MR) is 99.3 cm³/mol. The summed E-state index contributed by atoms with van der Waals surface area (Å²) in [4.78, 5) is 34.8. The van der Waals surface area contributed by atoms with E-state index in [0.29, 0.717) is 16.3 Å². The number of rotatable bonds is 10. The quantitative estimate of drug-likeness (QED) is 0.475. The first kappa shape index (κ1) is 21.3. The Morgan fingerprint density at radius 3 is 2.56 bits per heavy atom. The smallest absolute Gasteiger partial charge is 0.308 e. The van der Waals surface area contributed by atoms with Crippen LogP contribution in [0.4, 0.5) is 0 Å². The minimum Gasteiger partial charge on any atom is -0.463 e. The number of nitrogens with one attached hydrogen (secondary N) is 1. The average Bonchev–Trinajstić information content (AvgIpc) is 2.50. The highest BCUT2D eigenvalue weighted by Gasteiger charge is 2.21. The molecule has 0 spiro atoms. The van der Waals surface area contributed by atoms with Gasteiger partial charge in [0.05, 0.1) is 24.3 Å². The summed E-state index contributed by atoms with van der Waals surface area (Å²) in [6.07, 6.45) is -0.0412. The number of thioether (sulfide) groups is 1. The minimum absolute atomic E-state index is 0.0118. The molecule has 6 nitrogen and oxygen atoms in total. The molecule has 0 radical (unpaired) electrons. The first-order valence-electron chi connectivity index (χ1n) is 7.89. The van der Waals surface area contributed by atoms with Gasteiger partial charge in [0.1, 0.15) is 0 Å². The molecule has 1 rings (SSSR count). The fourth-order valence-electron chi connectivity index (χ4n) is 2.08. The number of amides is 2. The molecule has 8 heteroatoms. The number of hydrogen-bond acceptors (Lipinski definition) is 5. The molecule has 0 aliphatic carbocycles. The fraction of sp³-hybridized carbons (Fsp3) is 0.471. The summed E-state index contributed by atoms with van der Waals surface area (Å²) in [5.74, 6) is -0.444. The van der Waals surface area contributed by atoms with Crippen LogP contribution in [-0.2, 0) is 19.1 Å². The molecule has 2 amide bonds. The zero-order chi connectivity index (χ0) is 18.8. The van der Waals surface area contributed by atoms with Crippen LogP contribution in [-0.4, -0.2) is 35.4 Å². The zero-order valence-electron chi connectivity index (χ0n) is 14.3. The van der Waals surface area contributed by atoms with Crippen LogP contribution >= 0.6 is 23.4 Å². The predicted octanol–water partition coefficient (Wildman–Crippen LogP) is 2.45. The number of primary amides is 1. The molecule has 138 valence electrons. The van der Waals surface area contributed by atoms with Gasteiger partial charge in [0.2, 0.25) is 11.8 Å². The molecule has 0 unspecified atom stereocenters. The minimum atomic E-state index is -0.575. The van der Waals surface area contributed by atoms with Crippen LogP contribution in [0.25, 0.3) is 0 Å². The van der Waals surface area contributed by atoms with E-state index in [1.165, 1.54) is 11.8 Å². The Morgan fingerprint density at radius 2 is 1.96 bits per heavy atom. The SMILES string of the molecule is CC(C)OC(=O)C[C@H](NC(=O)CCSCC(N)=O)c1ccccc1Cl. The van der Waals surface area contributed by atoms with Gasteiger partial charge in [-0.1, -0.05) is 29.8 Å². The normalized spacial score (nSPS) is 11.8. The summed E-state index contributed by atoms with van der Waals surface area (Å²) < 4.78 is 5.16. The van der Waals surface area contributed by atoms with Gasteiger partial charge >= 0.3 is 5.97 Å². The number of carbonyl (C=O) groups is 3. The van der Waals surface area contributed by atoms with E-state index in [9.17, 15) is 14.4 Å². The first-order valence-corrected chi connectivity index (χ1v) is 9.42. The number of halogens is 1. The van der Waals surface area contributed by atoms with E-state index in [4.69, 9.17) is 22.1 Å². The lowest BCUT2D eigenvalue weighted by atomic mass is 10.0. The maximum atomic E-state index is 12.2. The maximum Gasteiger partial charge on any atom is 0.308 e. The second-order valence-corrected chi connectivity index (χ2v) is 7.17. The van der Waals surface area contributed by atoms with E-state index in [1.54, 1.807) is 38.1 Å². The van der Waals surface area contributed by atoms with Gasteiger partial charge in [0, 0.05) is 17.2 Å². The molecule has 0 aliphatic rings.